The highest BCUT2D eigenvalue weighted by Gasteiger charge is 2.73. The molecule has 0 aromatic heterocycles. The lowest BCUT2D eigenvalue weighted by Crippen LogP contribution is -2.49. The lowest BCUT2D eigenvalue weighted by atomic mass is 9.84. The predicted octanol–water partition coefficient (Wildman–Crippen LogP) is 1.76. The topological polar surface area (TPSA) is 81.2 Å². The molecule has 4 amide bonds. The third kappa shape index (κ3) is 2.55. The quantitative estimate of drug-likeness (QED) is 0.650. The van der Waals surface area contributed by atoms with Crippen LogP contribution in [0.5, 0.6) is 0 Å². The molecule has 0 saturated carbocycles. The lowest BCUT2D eigenvalue weighted by molar-refractivity contribution is -0.152. The molecule has 4 fully saturated rings. The Kier molecular flexibility index (Phi) is 4.72. The predicted molar refractivity (Wildman–Crippen MR) is 121 cm³/mol. The van der Waals surface area contributed by atoms with Crippen molar-refractivity contribution in [1.82, 2.24) is 19.8 Å². The van der Waals surface area contributed by atoms with Gasteiger partial charge in [0.25, 0.3) is 0 Å². The zero-order valence-electron chi connectivity index (χ0n) is 19.1. The number of rotatable bonds is 4. The molecule has 4 aliphatic rings. The van der Waals surface area contributed by atoms with Crippen LogP contribution < -0.4 is 0 Å². The average molecular weight is 459 g/mol. The van der Waals surface area contributed by atoms with E-state index in [4.69, 9.17) is 0 Å². The number of carbonyl (C=O) groups excluding carboxylic acids is 4. The van der Waals surface area contributed by atoms with E-state index >= 15 is 0 Å². The first-order valence-corrected chi connectivity index (χ1v) is 11.9. The van der Waals surface area contributed by atoms with E-state index in [9.17, 15) is 19.2 Å². The highest BCUT2D eigenvalue weighted by molar-refractivity contribution is 6.10. The van der Waals surface area contributed by atoms with E-state index in [0.717, 1.165) is 11.1 Å². The van der Waals surface area contributed by atoms with Crippen molar-refractivity contribution < 1.29 is 19.2 Å². The van der Waals surface area contributed by atoms with E-state index < -0.39 is 36.0 Å². The molecule has 6 atom stereocenters. The molecule has 8 nitrogen and oxygen atoms in total. The van der Waals surface area contributed by atoms with Gasteiger partial charge in [0.1, 0.15) is 12.1 Å². The number of likely N-dealkylation sites (tertiary alicyclic amines) is 2. The number of carbonyl (C=O) groups is 4. The van der Waals surface area contributed by atoms with Crippen LogP contribution in [0.4, 0.5) is 0 Å². The van der Waals surface area contributed by atoms with Gasteiger partial charge in [-0.25, -0.2) is 10.0 Å². The van der Waals surface area contributed by atoms with Gasteiger partial charge >= 0.3 is 0 Å². The van der Waals surface area contributed by atoms with Gasteiger partial charge in [0.05, 0.1) is 23.9 Å². The van der Waals surface area contributed by atoms with Crippen molar-refractivity contribution in [1.29, 1.82) is 0 Å². The fraction of sp³-hybridized carbons (Fsp3) is 0.385. The van der Waals surface area contributed by atoms with Crippen molar-refractivity contribution in [2.75, 3.05) is 13.1 Å². The number of benzene rings is 2. The summed E-state index contributed by atoms with van der Waals surface area (Å²) in [7, 11) is 0. The first-order valence-electron chi connectivity index (χ1n) is 11.9. The Hall–Kier alpha value is -3.36. The van der Waals surface area contributed by atoms with Gasteiger partial charge in [-0.05, 0) is 25.0 Å². The monoisotopic (exact) mass is 458 g/mol. The minimum Gasteiger partial charge on any atom is -0.281 e. The number of hydrazine groups is 1. The average Bonchev–Trinajstić information content (AvgIpc) is 3.51. The maximum absolute atomic E-state index is 13.6. The molecule has 4 heterocycles. The summed E-state index contributed by atoms with van der Waals surface area (Å²) >= 11 is 0. The van der Waals surface area contributed by atoms with Crippen molar-refractivity contribution in [2.24, 2.45) is 11.8 Å². The second-order valence-electron chi connectivity index (χ2n) is 9.25. The molecule has 4 aliphatic heterocycles. The molecule has 174 valence electrons. The van der Waals surface area contributed by atoms with Gasteiger partial charge in [0.15, 0.2) is 0 Å². The molecule has 0 spiro atoms. The Labute approximate surface area is 197 Å². The Morgan fingerprint density at radius 2 is 0.882 bits per heavy atom. The van der Waals surface area contributed by atoms with Gasteiger partial charge < -0.3 is 0 Å². The second kappa shape index (κ2) is 7.58. The van der Waals surface area contributed by atoms with Gasteiger partial charge in [0, 0.05) is 13.1 Å². The largest absolute Gasteiger partial charge is 0.281 e. The molecule has 0 N–H and O–H groups in total. The summed E-state index contributed by atoms with van der Waals surface area (Å²) in [5, 5.41) is 3.82. The van der Waals surface area contributed by atoms with Crippen LogP contribution in [0.25, 0.3) is 0 Å². The molecule has 0 aliphatic carbocycles. The van der Waals surface area contributed by atoms with E-state index in [0.29, 0.717) is 13.1 Å². The molecule has 34 heavy (non-hydrogen) atoms. The van der Waals surface area contributed by atoms with Crippen molar-refractivity contribution in [3.05, 3.63) is 71.8 Å². The van der Waals surface area contributed by atoms with E-state index in [-0.39, 0.29) is 23.6 Å². The summed E-state index contributed by atoms with van der Waals surface area (Å²) in [6.07, 6.45) is 0. The molecule has 8 heteroatoms. The van der Waals surface area contributed by atoms with E-state index in [2.05, 4.69) is 0 Å². The van der Waals surface area contributed by atoms with Crippen LogP contribution in [0.2, 0.25) is 0 Å². The molecule has 6 rings (SSSR count). The first kappa shape index (κ1) is 21.2. The maximum atomic E-state index is 13.6. The van der Waals surface area contributed by atoms with Crippen LogP contribution in [-0.2, 0) is 19.2 Å². The third-order valence-corrected chi connectivity index (χ3v) is 7.82. The summed E-state index contributed by atoms with van der Waals surface area (Å²) in [6.45, 7) is 4.19. The van der Waals surface area contributed by atoms with Gasteiger partial charge in [-0.15, -0.1) is 0 Å². The normalized spacial score (nSPS) is 33.1. The van der Waals surface area contributed by atoms with Crippen LogP contribution in [0.1, 0.15) is 37.1 Å². The molecular formula is C26H26N4O4. The van der Waals surface area contributed by atoms with E-state index in [1.54, 1.807) is 13.8 Å². The standard InChI is InChI=1S/C26H26N4O4/c1-3-27-23(31)17-19(15-11-7-5-8-12-15)30-22-18(24(32)28(4-2)26(22)34)20(16-13-9-6-10-14-16)29(30)21(17)25(27)33/h5-14,17-22H,3-4H2,1-2H3/t17-,18-,19-,20+,21+,22+/m0/s1. The van der Waals surface area contributed by atoms with Gasteiger partial charge in [-0.2, -0.15) is 0 Å². The fourth-order valence-electron chi connectivity index (χ4n) is 6.54. The summed E-state index contributed by atoms with van der Waals surface area (Å²) in [6, 6.07) is 16.6. The Morgan fingerprint density at radius 1 is 0.529 bits per heavy atom. The first-order chi connectivity index (χ1) is 16.5. The molecule has 0 unspecified atom stereocenters. The fourth-order valence-corrected chi connectivity index (χ4v) is 6.54. The number of amides is 4. The second-order valence-corrected chi connectivity index (χ2v) is 9.25. The minimum absolute atomic E-state index is 0.215. The van der Waals surface area contributed by atoms with Crippen molar-refractivity contribution >= 4 is 23.6 Å². The van der Waals surface area contributed by atoms with E-state index in [1.165, 1.54) is 9.80 Å². The summed E-state index contributed by atoms with van der Waals surface area (Å²) in [4.78, 5) is 56.9. The zero-order valence-corrected chi connectivity index (χ0v) is 19.1. The SMILES string of the molecule is CCN1C(=O)[C@@H]2[C@H](C1=O)N1[C@H](c3ccccc3)[C@@H]3C(=O)N(CC)C(=O)[C@@H]3N1[C@H]2c1ccccc1. The van der Waals surface area contributed by atoms with Gasteiger partial charge in [-0.1, -0.05) is 60.7 Å². The van der Waals surface area contributed by atoms with Crippen molar-refractivity contribution in [3.63, 3.8) is 0 Å². The highest BCUT2D eigenvalue weighted by Crippen LogP contribution is 2.58. The van der Waals surface area contributed by atoms with Crippen molar-refractivity contribution in [2.45, 2.75) is 38.0 Å². The number of hydrogen-bond acceptors (Lipinski definition) is 6. The lowest BCUT2D eigenvalue weighted by Gasteiger charge is -2.35. The van der Waals surface area contributed by atoms with Crippen molar-refractivity contribution in [3.8, 4) is 0 Å². The zero-order chi connectivity index (χ0) is 23.7. The van der Waals surface area contributed by atoms with Crippen LogP contribution in [0.15, 0.2) is 60.7 Å². The number of hydrogen-bond donors (Lipinski definition) is 0. The van der Waals surface area contributed by atoms with Crippen LogP contribution in [0, 0.1) is 11.8 Å². The summed E-state index contributed by atoms with van der Waals surface area (Å²) in [5.74, 6) is -2.22. The number of imide groups is 2. The molecular weight excluding hydrogens is 432 g/mol. The van der Waals surface area contributed by atoms with Gasteiger partial charge in [0.2, 0.25) is 23.6 Å². The minimum atomic E-state index is -0.746. The number of likely N-dealkylation sites (N-methyl/N-ethyl adjacent to an activating group) is 2. The van der Waals surface area contributed by atoms with E-state index in [1.807, 2.05) is 70.7 Å². The smallest absolute Gasteiger partial charge is 0.248 e. The number of nitrogens with zero attached hydrogens (tertiary/aromatic N) is 4. The van der Waals surface area contributed by atoms with Crippen LogP contribution >= 0.6 is 0 Å². The number of fused-ring (bicyclic) bond motifs is 5. The van der Waals surface area contributed by atoms with Crippen LogP contribution in [-0.4, -0.2) is 68.6 Å². The Bertz CT molecular complexity index is 1090. The van der Waals surface area contributed by atoms with Crippen LogP contribution in [0.3, 0.4) is 0 Å². The Morgan fingerprint density at radius 3 is 1.21 bits per heavy atom. The van der Waals surface area contributed by atoms with Gasteiger partial charge in [-0.3, -0.25) is 29.0 Å². The third-order valence-electron chi connectivity index (χ3n) is 7.82. The molecule has 2 aromatic carbocycles. The maximum Gasteiger partial charge on any atom is 0.248 e. The summed E-state index contributed by atoms with van der Waals surface area (Å²) in [5.41, 5.74) is 1.73. The molecule has 0 bridgehead atoms. The molecule has 4 saturated heterocycles. The summed E-state index contributed by atoms with van der Waals surface area (Å²) < 4.78 is 0. The molecule has 0 radical (unpaired) electrons. The molecule has 2 aromatic rings. The highest BCUT2D eigenvalue weighted by atomic mass is 16.2. The Balaban J connectivity index is 1.59.